The van der Waals surface area contributed by atoms with Gasteiger partial charge in [0.05, 0.1) is 11.7 Å². The fraction of sp³-hybridized carbons (Fsp3) is 0.562. The second-order valence-electron chi connectivity index (χ2n) is 5.89. The first-order valence-electron chi connectivity index (χ1n) is 7.69. The summed E-state index contributed by atoms with van der Waals surface area (Å²) in [5.74, 6) is -0.262. The molecule has 0 aliphatic carbocycles. The van der Waals surface area contributed by atoms with Gasteiger partial charge in [0.25, 0.3) is 0 Å². The minimum Gasteiger partial charge on any atom is -0.314 e. The SMILES string of the molecule is Cc1ccc(F)c(N2CCCC(N3CCNCC3)C2=O)c1.Cl.Cl. The molecule has 1 aromatic rings. The summed E-state index contributed by atoms with van der Waals surface area (Å²) < 4.78 is 14.1. The molecule has 0 saturated carbocycles. The second-order valence-corrected chi connectivity index (χ2v) is 5.89. The molecule has 0 spiro atoms. The monoisotopic (exact) mass is 363 g/mol. The molecule has 130 valence electrons. The molecule has 1 amide bonds. The van der Waals surface area contributed by atoms with E-state index in [1.165, 1.54) is 6.07 Å². The van der Waals surface area contributed by atoms with Crippen LogP contribution in [0.15, 0.2) is 18.2 Å². The maximum atomic E-state index is 14.1. The van der Waals surface area contributed by atoms with Crippen molar-refractivity contribution in [3.8, 4) is 0 Å². The molecule has 23 heavy (non-hydrogen) atoms. The minimum absolute atomic E-state index is 0. The first kappa shape index (κ1) is 20.2. The van der Waals surface area contributed by atoms with Gasteiger partial charge < -0.3 is 10.2 Å². The van der Waals surface area contributed by atoms with E-state index in [1.807, 2.05) is 6.92 Å². The van der Waals surface area contributed by atoms with Crippen LogP contribution in [0.5, 0.6) is 0 Å². The Morgan fingerprint density at radius 3 is 2.57 bits per heavy atom. The number of hydrogen-bond acceptors (Lipinski definition) is 3. The molecule has 1 N–H and O–H groups in total. The van der Waals surface area contributed by atoms with Gasteiger partial charge in [-0.15, -0.1) is 24.8 Å². The van der Waals surface area contributed by atoms with Gasteiger partial charge in [-0.1, -0.05) is 6.07 Å². The molecule has 2 heterocycles. The topological polar surface area (TPSA) is 35.6 Å². The number of anilines is 1. The normalized spacial score (nSPS) is 22.3. The van der Waals surface area contributed by atoms with Crippen molar-refractivity contribution in [1.82, 2.24) is 10.2 Å². The van der Waals surface area contributed by atoms with Crippen LogP contribution in [0.4, 0.5) is 10.1 Å². The Balaban J connectivity index is 0.00000132. The van der Waals surface area contributed by atoms with Gasteiger partial charge in [0, 0.05) is 32.7 Å². The molecule has 2 saturated heterocycles. The van der Waals surface area contributed by atoms with E-state index in [1.54, 1.807) is 17.0 Å². The molecule has 3 rings (SSSR count). The predicted octanol–water partition coefficient (Wildman–Crippen LogP) is 2.38. The van der Waals surface area contributed by atoms with Crippen LogP contribution in [0.2, 0.25) is 0 Å². The third-order valence-corrected chi connectivity index (χ3v) is 4.40. The number of piperazine rings is 1. The van der Waals surface area contributed by atoms with Crippen molar-refractivity contribution in [1.29, 1.82) is 0 Å². The standard InChI is InChI=1S/C16H22FN3O.2ClH/c1-12-4-5-13(17)15(11-12)20-8-2-3-14(16(20)21)19-9-6-18-7-10-19;;/h4-5,11,14,18H,2-3,6-10H2,1H3;2*1H. The van der Waals surface area contributed by atoms with Gasteiger partial charge in [-0.3, -0.25) is 9.69 Å². The molecule has 0 bridgehead atoms. The van der Waals surface area contributed by atoms with Crippen LogP contribution in [-0.4, -0.2) is 49.6 Å². The largest absolute Gasteiger partial charge is 0.314 e. The number of benzene rings is 1. The number of carbonyl (C=O) groups is 1. The van der Waals surface area contributed by atoms with Gasteiger partial charge in [-0.2, -0.15) is 0 Å². The van der Waals surface area contributed by atoms with Crippen LogP contribution >= 0.6 is 24.8 Å². The number of hydrogen-bond donors (Lipinski definition) is 1. The molecule has 2 aliphatic heterocycles. The highest BCUT2D eigenvalue weighted by Crippen LogP contribution is 2.27. The van der Waals surface area contributed by atoms with Crippen molar-refractivity contribution in [2.24, 2.45) is 0 Å². The smallest absolute Gasteiger partial charge is 0.244 e. The van der Waals surface area contributed by atoms with Gasteiger partial charge in [-0.05, 0) is 37.5 Å². The Morgan fingerprint density at radius 2 is 1.87 bits per heavy atom. The molecular weight excluding hydrogens is 340 g/mol. The maximum Gasteiger partial charge on any atom is 0.244 e. The number of carbonyl (C=O) groups excluding carboxylic acids is 1. The fourth-order valence-corrected chi connectivity index (χ4v) is 3.26. The molecular formula is C16H24Cl2FN3O. The molecule has 0 radical (unpaired) electrons. The summed E-state index contributed by atoms with van der Waals surface area (Å²) in [6, 6.07) is 4.86. The van der Waals surface area contributed by atoms with E-state index in [0.29, 0.717) is 12.2 Å². The highest BCUT2D eigenvalue weighted by molar-refractivity contribution is 5.98. The number of aryl methyl sites for hydroxylation is 1. The number of piperidine rings is 1. The fourth-order valence-electron chi connectivity index (χ4n) is 3.26. The number of rotatable bonds is 2. The van der Waals surface area contributed by atoms with E-state index in [0.717, 1.165) is 44.6 Å². The Labute approximate surface area is 149 Å². The van der Waals surface area contributed by atoms with Crippen molar-refractivity contribution in [2.75, 3.05) is 37.6 Å². The summed E-state index contributed by atoms with van der Waals surface area (Å²) in [6.45, 7) is 6.15. The van der Waals surface area contributed by atoms with Crippen molar-refractivity contribution in [3.63, 3.8) is 0 Å². The third-order valence-electron chi connectivity index (χ3n) is 4.40. The zero-order valence-corrected chi connectivity index (χ0v) is 14.9. The lowest BCUT2D eigenvalue weighted by Crippen LogP contribution is -2.57. The molecule has 4 nitrogen and oxygen atoms in total. The van der Waals surface area contributed by atoms with E-state index in [2.05, 4.69) is 10.2 Å². The Bertz CT molecular complexity index is 538. The van der Waals surface area contributed by atoms with Gasteiger partial charge in [0.15, 0.2) is 0 Å². The molecule has 7 heteroatoms. The Kier molecular flexibility index (Phi) is 7.74. The molecule has 2 fully saturated rings. The van der Waals surface area contributed by atoms with Crippen LogP contribution in [-0.2, 0) is 4.79 Å². The highest BCUT2D eigenvalue weighted by Gasteiger charge is 2.35. The third kappa shape index (κ3) is 4.35. The lowest BCUT2D eigenvalue weighted by atomic mass is 10.0. The van der Waals surface area contributed by atoms with Gasteiger partial charge in [-0.25, -0.2) is 4.39 Å². The number of nitrogens with one attached hydrogen (secondary N) is 1. The van der Waals surface area contributed by atoms with Crippen LogP contribution in [0, 0.1) is 12.7 Å². The average Bonchev–Trinajstić information content (AvgIpc) is 2.51. The predicted molar refractivity (Wildman–Crippen MR) is 95.5 cm³/mol. The highest BCUT2D eigenvalue weighted by atomic mass is 35.5. The van der Waals surface area contributed by atoms with Crippen LogP contribution in [0.1, 0.15) is 18.4 Å². The maximum absolute atomic E-state index is 14.1. The molecule has 1 unspecified atom stereocenters. The van der Waals surface area contributed by atoms with Crippen molar-refractivity contribution >= 4 is 36.4 Å². The van der Waals surface area contributed by atoms with Crippen LogP contribution in [0.3, 0.4) is 0 Å². The lowest BCUT2D eigenvalue weighted by molar-refractivity contribution is -0.125. The van der Waals surface area contributed by atoms with E-state index in [-0.39, 0.29) is 42.6 Å². The summed E-state index contributed by atoms with van der Waals surface area (Å²) in [5.41, 5.74) is 1.41. The molecule has 2 aliphatic rings. The molecule has 0 aromatic heterocycles. The first-order chi connectivity index (χ1) is 10.2. The Hall–Kier alpha value is -0.880. The van der Waals surface area contributed by atoms with E-state index >= 15 is 0 Å². The van der Waals surface area contributed by atoms with Crippen molar-refractivity contribution in [2.45, 2.75) is 25.8 Å². The van der Waals surface area contributed by atoms with E-state index in [4.69, 9.17) is 0 Å². The summed E-state index contributed by atoms with van der Waals surface area (Å²) in [4.78, 5) is 16.7. The zero-order chi connectivity index (χ0) is 14.8. The van der Waals surface area contributed by atoms with E-state index < -0.39 is 0 Å². The summed E-state index contributed by atoms with van der Waals surface area (Å²) >= 11 is 0. The Morgan fingerprint density at radius 1 is 1.17 bits per heavy atom. The van der Waals surface area contributed by atoms with Crippen molar-refractivity contribution in [3.05, 3.63) is 29.6 Å². The lowest BCUT2D eigenvalue weighted by Gasteiger charge is -2.40. The number of amides is 1. The van der Waals surface area contributed by atoms with Gasteiger partial charge in [0.1, 0.15) is 5.82 Å². The molecule has 1 aromatic carbocycles. The molecule has 1 atom stereocenters. The first-order valence-corrected chi connectivity index (χ1v) is 7.69. The van der Waals surface area contributed by atoms with Gasteiger partial charge >= 0.3 is 0 Å². The summed E-state index contributed by atoms with van der Waals surface area (Å²) in [6.07, 6.45) is 1.80. The van der Waals surface area contributed by atoms with Gasteiger partial charge in [0.2, 0.25) is 5.91 Å². The second kappa shape index (κ2) is 8.83. The average molecular weight is 364 g/mol. The van der Waals surface area contributed by atoms with Crippen LogP contribution < -0.4 is 10.2 Å². The number of halogens is 3. The van der Waals surface area contributed by atoms with Crippen LogP contribution in [0.25, 0.3) is 0 Å². The summed E-state index contributed by atoms with van der Waals surface area (Å²) in [7, 11) is 0. The number of nitrogens with zero attached hydrogens (tertiary/aromatic N) is 2. The summed E-state index contributed by atoms with van der Waals surface area (Å²) in [5, 5.41) is 3.30. The quantitative estimate of drug-likeness (QED) is 0.875. The zero-order valence-electron chi connectivity index (χ0n) is 13.3. The van der Waals surface area contributed by atoms with Crippen molar-refractivity contribution < 1.29 is 9.18 Å². The van der Waals surface area contributed by atoms with E-state index in [9.17, 15) is 9.18 Å². The minimum atomic E-state index is -0.310.